The molecule has 0 aliphatic carbocycles. The number of rotatable bonds is 0. The summed E-state index contributed by atoms with van der Waals surface area (Å²) in [5.41, 5.74) is 5.79. The van der Waals surface area contributed by atoms with E-state index in [4.69, 9.17) is 17.3 Å². The van der Waals surface area contributed by atoms with E-state index in [0.29, 0.717) is 15.9 Å². The first-order valence-electron chi connectivity index (χ1n) is 3.44. The Morgan fingerprint density at radius 3 is 2.85 bits per heavy atom. The quantitative estimate of drug-likeness (QED) is 0.434. The van der Waals surface area contributed by atoms with Gasteiger partial charge in [0.1, 0.15) is 5.82 Å². The number of hydrogen-bond acceptors (Lipinski definition) is 1. The second-order valence-corrected chi connectivity index (χ2v) is 3.26. The van der Waals surface area contributed by atoms with E-state index in [1.807, 2.05) is 0 Å². The zero-order chi connectivity index (χ0) is 9.84. The van der Waals surface area contributed by atoms with Crippen molar-refractivity contribution in [2.45, 2.75) is 0 Å². The van der Waals surface area contributed by atoms with Crippen LogP contribution in [0.3, 0.4) is 0 Å². The third kappa shape index (κ3) is 2.61. The SMILES string of the molecule is Nc1cc(Cl)c(C#CCBr)cc1F. The van der Waals surface area contributed by atoms with Gasteiger partial charge in [-0.05, 0) is 12.1 Å². The molecule has 0 radical (unpaired) electrons. The molecule has 1 nitrogen and oxygen atoms in total. The van der Waals surface area contributed by atoms with Crippen LogP contribution in [0.5, 0.6) is 0 Å². The zero-order valence-corrected chi connectivity index (χ0v) is 8.91. The highest BCUT2D eigenvalue weighted by Crippen LogP contribution is 2.21. The second-order valence-electron chi connectivity index (χ2n) is 2.29. The van der Waals surface area contributed by atoms with Crippen molar-refractivity contribution in [2.24, 2.45) is 0 Å². The minimum Gasteiger partial charge on any atom is -0.396 e. The molecule has 0 spiro atoms. The number of halogens is 3. The molecule has 1 aromatic carbocycles. The van der Waals surface area contributed by atoms with Gasteiger partial charge in [-0.1, -0.05) is 39.4 Å². The van der Waals surface area contributed by atoms with Gasteiger partial charge in [-0.15, -0.1) is 0 Å². The van der Waals surface area contributed by atoms with Crippen molar-refractivity contribution < 1.29 is 4.39 Å². The molecular formula is C9H6BrClFN. The monoisotopic (exact) mass is 261 g/mol. The van der Waals surface area contributed by atoms with Crippen molar-refractivity contribution >= 4 is 33.2 Å². The fraction of sp³-hybridized carbons (Fsp3) is 0.111. The summed E-state index contributed by atoms with van der Waals surface area (Å²) in [5.74, 6) is 4.94. The van der Waals surface area contributed by atoms with Gasteiger partial charge in [0.15, 0.2) is 0 Å². The molecule has 13 heavy (non-hydrogen) atoms. The molecule has 0 heterocycles. The summed E-state index contributed by atoms with van der Waals surface area (Å²) in [7, 11) is 0. The Labute approximate surface area is 89.2 Å². The topological polar surface area (TPSA) is 26.0 Å². The Balaban J connectivity index is 3.16. The van der Waals surface area contributed by atoms with Crippen LogP contribution < -0.4 is 5.73 Å². The molecule has 2 N–H and O–H groups in total. The summed E-state index contributed by atoms with van der Waals surface area (Å²) >= 11 is 8.90. The Morgan fingerprint density at radius 2 is 2.23 bits per heavy atom. The van der Waals surface area contributed by atoms with Crippen molar-refractivity contribution in [2.75, 3.05) is 11.1 Å². The molecule has 1 rings (SSSR count). The van der Waals surface area contributed by atoms with Crippen LogP contribution >= 0.6 is 27.5 Å². The molecule has 0 aromatic heterocycles. The standard InChI is InChI=1S/C9H6BrClFN/c10-3-1-2-6-4-8(12)9(13)5-7(6)11/h4-5H,3,13H2. The lowest BCUT2D eigenvalue weighted by Crippen LogP contribution is -1.91. The average Bonchev–Trinajstić information content (AvgIpc) is 2.09. The van der Waals surface area contributed by atoms with Gasteiger partial charge in [-0.2, -0.15) is 0 Å². The maximum atomic E-state index is 12.9. The summed E-state index contributed by atoms with van der Waals surface area (Å²) in [5, 5.41) is 0.891. The van der Waals surface area contributed by atoms with E-state index < -0.39 is 5.82 Å². The highest BCUT2D eigenvalue weighted by Gasteiger charge is 2.03. The number of alkyl halides is 1. The molecule has 1 aromatic rings. The number of hydrogen-bond donors (Lipinski definition) is 1. The fourth-order valence-corrected chi connectivity index (χ4v) is 1.15. The largest absolute Gasteiger partial charge is 0.396 e. The lowest BCUT2D eigenvalue weighted by molar-refractivity contribution is 0.632. The summed E-state index contributed by atoms with van der Waals surface area (Å²) in [4.78, 5) is 0. The maximum absolute atomic E-state index is 12.9. The van der Waals surface area contributed by atoms with Crippen LogP contribution in [0.1, 0.15) is 5.56 Å². The number of nitrogens with two attached hydrogens (primary N) is 1. The van der Waals surface area contributed by atoms with Crippen molar-refractivity contribution in [3.8, 4) is 11.8 Å². The van der Waals surface area contributed by atoms with E-state index in [1.165, 1.54) is 12.1 Å². The Morgan fingerprint density at radius 1 is 1.54 bits per heavy atom. The summed E-state index contributed by atoms with van der Waals surface area (Å²) < 4.78 is 12.9. The van der Waals surface area contributed by atoms with Gasteiger partial charge < -0.3 is 5.73 Å². The van der Waals surface area contributed by atoms with Gasteiger partial charge in [-0.3, -0.25) is 0 Å². The predicted molar refractivity (Wildman–Crippen MR) is 56.5 cm³/mol. The van der Waals surface area contributed by atoms with Crippen LogP contribution in [0.25, 0.3) is 0 Å². The van der Waals surface area contributed by atoms with Crippen molar-refractivity contribution in [1.82, 2.24) is 0 Å². The molecular weight excluding hydrogens is 256 g/mol. The highest BCUT2D eigenvalue weighted by molar-refractivity contribution is 9.09. The van der Waals surface area contributed by atoms with Gasteiger partial charge in [0.05, 0.1) is 16.0 Å². The first-order valence-corrected chi connectivity index (χ1v) is 4.94. The molecule has 0 unspecified atom stereocenters. The minimum absolute atomic E-state index is 0.0365. The van der Waals surface area contributed by atoms with Crippen LogP contribution in [0.15, 0.2) is 12.1 Å². The zero-order valence-electron chi connectivity index (χ0n) is 6.57. The molecule has 0 aliphatic rings. The molecule has 0 bridgehead atoms. The Hall–Kier alpha value is -0.720. The van der Waals surface area contributed by atoms with E-state index in [9.17, 15) is 4.39 Å². The molecule has 4 heteroatoms. The predicted octanol–water partition coefficient (Wildman–Crippen LogP) is 2.81. The molecule has 0 saturated carbocycles. The number of benzene rings is 1. The van der Waals surface area contributed by atoms with Gasteiger partial charge in [-0.25, -0.2) is 4.39 Å². The van der Waals surface area contributed by atoms with Crippen LogP contribution in [-0.2, 0) is 0 Å². The Kier molecular flexibility index (Phi) is 3.58. The fourth-order valence-electron chi connectivity index (χ4n) is 0.787. The van der Waals surface area contributed by atoms with Crippen LogP contribution in [0, 0.1) is 17.7 Å². The second kappa shape index (κ2) is 4.50. The van der Waals surface area contributed by atoms with E-state index >= 15 is 0 Å². The molecule has 0 saturated heterocycles. The lowest BCUT2D eigenvalue weighted by atomic mass is 10.2. The van der Waals surface area contributed by atoms with E-state index in [2.05, 4.69) is 27.8 Å². The highest BCUT2D eigenvalue weighted by atomic mass is 79.9. The third-order valence-corrected chi connectivity index (χ3v) is 1.97. The van der Waals surface area contributed by atoms with Gasteiger partial charge in [0, 0.05) is 5.56 Å². The molecule has 68 valence electrons. The minimum atomic E-state index is -0.497. The first kappa shape index (κ1) is 10.4. The lowest BCUT2D eigenvalue weighted by Gasteiger charge is -1.99. The van der Waals surface area contributed by atoms with Gasteiger partial charge >= 0.3 is 0 Å². The van der Waals surface area contributed by atoms with Gasteiger partial charge in [0.2, 0.25) is 0 Å². The summed E-state index contributed by atoms with van der Waals surface area (Å²) in [6.45, 7) is 0. The summed E-state index contributed by atoms with van der Waals surface area (Å²) in [6, 6.07) is 2.59. The smallest absolute Gasteiger partial charge is 0.147 e. The van der Waals surface area contributed by atoms with Gasteiger partial charge in [0.25, 0.3) is 0 Å². The van der Waals surface area contributed by atoms with E-state index in [-0.39, 0.29) is 5.69 Å². The number of nitrogen functional groups attached to an aromatic ring is 1. The number of anilines is 1. The van der Waals surface area contributed by atoms with Crippen LogP contribution in [-0.4, -0.2) is 5.33 Å². The van der Waals surface area contributed by atoms with E-state index in [1.54, 1.807) is 0 Å². The first-order chi connectivity index (χ1) is 6.15. The summed E-state index contributed by atoms with van der Waals surface area (Å²) in [6.07, 6.45) is 0. The van der Waals surface area contributed by atoms with E-state index in [0.717, 1.165) is 0 Å². The Bertz CT molecular complexity index is 381. The molecule has 0 atom stereocenters. The molecule has 0 fully saturated rings. The van der Waals surface area contributed by atoms with Crippen molar-refractivity contribution in [1.29, 1.82) is 0 Å². The third-order valence-electron chi connectivity index (χ3n) is 1.38. The van der Waals surface area contributed by atoms with Crippen LogP contribution in [0.2, 0.25) is 5.02 Å². The van der Waals surface area contributed by atoms with Crippen LogP contribution in [0.4, 0.5) is 10.1 Å². The molecule has 0 amide bonds. The van der Waals surface area contributed by atoms with Crippen molar-refractivity contribution in [3.05, 3.63) is 28.5 Å². The van der Waals surface area contributed by atoms with Crippen molar-refractivity contribution in [3.63, 3.8) is 0 Å². The molecule has 0 aliphatic heterocycles. The normalized spacial score (nSPS) is 9.15. The maximum Gasteiger partial charge on any atom is 0.147 e. The average molecular weight is 263 g/mol.